The first kappa shape index (κ1) is 23.6. The summed E-state index contributed by atoms with van der Waals surface area (Å²) in [5.74, 6) is 0.311. The second-order valence-corrected chi connectivity index (χ2v) is 12.1. The van der Waals surface area contributed by atoms with E-state index in [2.05, 4.69) is 84.9 Å². The number of benzene rings is 5. The van der Waals surface area contributed by atoms with Gasteiger partial charge in [0.05, 0.1) is 21.1 Å². The minimum absolute atomic E-state index is 0.0182. The normalized spacial score (nSPS) is 15.7. The Kier molecular flexibility index (Phi) is 5.05. The largest absolute Gasteiger partial charge is 0.268 e. The Morgan fingerprint density at radius 2 is 1.43 bits per heavy atom. The van der Waals surface area contributed by atoms with Crippen LogP contribution < -0.4 is 5.56 Å². The minimum atomic E-state index is -0.0182. The fourth-order valence-corrected chi connectivity index (χ4v) is 7.96. The Labute approximate surface area is 246 Å². The van der Waals surface area contributed by atoms with Crippen LogP contribution in [0.1, 0.15) is 29.0 Å². The van der Waals surface area contributed by atoms with E-state index in [1.165, 1.54) is 39.0 Å². The van der Waals surface area contributed by atoms with E-state index in [1.54, 1.807) is 15.7 Å². The van der Waals surface area contributed by atoms with Crippen LogP contribution in [-0.4, -0.2) is 9.38 Å². The van der Waals surface area contributed by atoms with Crippen LogP contribution in [0.3, 0.4) is 0 Å². The maximum atomic E-state index is 14.0. The van der Waals surface area contributed by atoms with Crippen molar-refractivity contribution >= 4 is 48.6 Å². The monoisotopic (exact) mass is 556 g/mol. The molecule has 0 spiro atoms. The summed E-state index contributed by atoms with van der Waals surface area (Å²) in [4.78, 5) is 19.7. The molecule has 1 atom stereocenters. The first-order valence-electron chi connectivity index (χ1n) is 14.3. The van der Waals surface area contributed by atoms with Gasteiger partial charge in [-0.15, -0.1) is 0 Å². The molecule has 4 heteroatoms. The molecule has 0 saturated heterocycles. The second-order valence-electron chi connectivity index (χ2n) is 11.1. The van der Waals surface area contributed by atoms with Crippen molar-refractivity contribution in [1.82, 2.24) is 9.38 Å². The van der Waals surface area contributed by atoms with E-state index in [-0.39, 0.29) is 5.56 Å². The molecule has 1 unspecified atom stereocenters. The summed E-state index contributed by atoms with van der Waals surface area (Å²) in [6.45, 7) is 0. The molecule has 5 aromatic carbocycles. The Hall–Kier alpha value is -5.06. The number of hydrogen-bond acceptors (Lipinski definition) is 3. The SMILES string of the molecule is O=c1c2c(-c3cccc(C4=CC=C5c6ccccc6-c6ccccc6C5C4)c3)cccc2nc2sc3ccccc3n12. The summed E-state index contributed by atoms with van der Waals surface area (Å²) in [6.07, 6.45) is 5.54. The van der Waals surface area contributed by atoms with Crippen LogP contribution >= 0.6 is 11.3 Å². The van der Waals surface area contributed by atoms with Gasteiger partial charge < -0.3 is 0 Å². The zero-order valence-electron chi connectivity index (χ0n) is 22.6. The lowest BCUT2D eigenvalue weighted by molar-refractivity contribution is 0.881. The van der Waals surface area contributed by atoms with Crippen LogP contribution in [0.5, 0.6) is 0 Å². The van der Waals surface area contributed by atoms with Gasteiger partial charge in [-0.2, -0.15) is 0 Å². The summed E-state index contributed by atoms with van der Waals surface area (Å²) in [5, 5.41) is 0.660. The van der Waals surface area contributed by atoms with Gasteiger partial charge in [-0.1, -0.05) is 114 Å². The first-order valence-corrected chi connectivity index (χ1v) is 15.1. The molecule has 0 bridgehead atoms. The van der Waals surface area contributed by atoms with Crippen molar-refractivity contribution in [3.8, 4) is 22.3 Å². The molecule has 198 valence electrons. The van der Waals surface area contributed by atoms with Crippen molar-refractivity contribution in [1.29, 1.82) is 0 Å². The Bertz CT molecular complexity index is 2370. The van der Waals surface area contributed by atoms with Gasteiger partial charge in [-0.05, 0) is 80.8 Å². The number of aromatic nitrogens is 2. The van der Waals surface area contributed by atoms with Crippen molar-refractivity contribution in [3.05, 3.63) is 154 Å². The highest BCUT2D eigenvalue weighted by Crippen LogP contribution is 2.51. The highest BCUT2D eigenvalue weighted by atomic mass is 32.1. The number of thiazole rings is 1. The molecule has 0 saturated carbocycles. The lowest BCUT2D eigenvalue weighted by Crippen LogP contribution is -2.14. The molecule has 2 aromatic heterocycles. The zero-order valence-corrected chi connectivity index (χ0v) is 23.4. The van der Waals surface area contributed by atoms with E-state index in [0.717, 1.165) is 38.2 Å². The minimum Gasteiger partial charge on any atom is -0.268 e. The van der Waals surface area contributed by atoms with Crippen molar-refractivity contribution in [3.63, 3.8) is 0 Å². The summed E-state index contributed by atoms with van der Waals surface area (Å²) < 4.78 is 2.83. The quantitative estimate of drug-likeness (QED) is 0.213. The van der Waals surface area contributed by atoms with Crippen molar-refractivity contribution in [2.45, 2.75) is 12.3 Å². The molecule has 2 heterocycles. The van der Waals surface area contributed by atoms with E-state index in [4.69, 9.17) is 4.98 Å². The molecule has 0 fully saturated rings. The molecular weight excluding hydrogens is 532 g/mol. The van der Waals surface area contributed by atoms with Gasteiger partial charge in [0, 0.05) is 5.92 Å². The van der Waals surface area contributed by atoms with E-state index >= 15 is 0 Å². The number of fused-ring (bicyclic) bond motifs is 10. The molecular formula is C38H24N2OS. The molecule has 7 aromatic rings. The Morgan fingerprint density at radius 3 is 2.36 bits per heavy atom. The zero-order chi connectivity index (χ0) is 27.8. The van der Waals surface area contributed by atoms with Crippen LogP contribution in [0.4, 0.5) is 0 Å². The maximum Gasteiger partial charge on any atom is 0.267 e. The number of hydrogen-bond donors (Lipinski definition) is 0. The predicted octanol–water partition coefficient (Wildman–Crippen LogP) is 9.36. The number of nitrogens with zero attached hydrogens (tertiary/aromatic N) is 2. The molecule has 0 N–H and O–H groups in total. The third kappa shape index (κ3) is 3.39. The lowest BCUT2D eigenvalue weighted by atomic mass is 9.70. The number of para-hydroxylation sites is 1. The van der Waals surface area contributed by atoms with Crippen LogP contribution in [-0.2, 0) is 0 Å². The van der Waals surface area contributed by atoms with E-state index < -0.39 is 0 Å². The second kappa shape index (κ2) is 8.97. The molecule has 0 radical (unpaired) electrons. The van der Waals surface area contributed by atoms with Gasteiger partial charge in [0.1, 0.15) is 0 Å². The van der Waals surface area contributed by atoms with Crippen molar-refractivity contribution in [2.75, 3.05) is 0 Å². The summed E-state index contributed by atoms with van der Waals surface area (Å²) in [7, 11) is 0. The molecule has 0 amide bonds. The van der Waals surface area contributed by atoms with Crippen LogP contribution in [0.2, 0.25) is 0 Å². The summed E-state index contributed by atoms with van der Waals surface area (Å²) in [6, 6.07) is 40.3. The van der Waals surface area contributed by atoms with Gasteiger partial charge in [0.25, 0.3) is 5.56 Å². The van der Waals surface area contributed by atoms with Crippen molar-refractivity contribution < 1.29 is 0 Å². The molecule has 0 aliphatic heterocycles. The molecule has 42 heavy (non-hydrogen) atoms. The molecule has 3 nitrogen and oxygen atoms in total. The maximum absolute atomic E-state index is 14.0. The van der Waals surface area contributed by atoms with Crippen LogP contribution in [0.15, 0.2) is 132 Å². The number of allylic oxidation sites excluding steroid dienone is 4. The van der Waals surface area contributed by atoms with Gasteiger partial charge >= 0.3 is 0 Å². The Balaban J connectivity index is 1.19. The van der Waals surface area contributed by atoms with E-state index in [9.17, 15) is 4.79 Å². The van der Waals surface area contributed by atoms with E-state index in [0.29, 0.717) is 11.3 Å². The summed E-state index contributed by atoms with van der Waals surface area (Å²) >= 11 is 1.55. The van der Waals surface area contributed by atoms with E-state index in [1.807, 2.05) is 42.5 Å². The Morgan fingerprint density at radius 1 is 0.690 bits per heavy atom. The topological polar surface area (TPSA) is 34.4 Å². The average Bonchev–Trinajstić information content (AvgIpc) is 3.43. The first-order chi connectivity index (χ1) is 20.7. The predicted molar refractivity (Wildman–Crippen MR) is 175 cm³/mol. The van der Waals surface area contributed by atoms with Crippen molar-refractivity contribution in [2.24, 2.45) is 0 Å². The van der Waals surface area contributed by atoms with Gasteiger partial charge in [0.2, 0.25) is 0 Å². The average molecular weight is 557 g/mol. The van der Waals surface area contributed by atoms with Gasteiger partial charge in [-0.25, -0.2) is 4.98 Å². The van der Waals surface area contributed by atoms with Crippen LogP contribution in [0, 0.1) is 0 Å². The highest BCUT2D eigenvalue weighted by molar-refractivity contribution is 7.23. The van der Waals surface area contributed by atoms with Gasteiger partial charge in [0.15, 0.2) is 4.96 Å². The lowest BCUT2D eigenvalue weighted by Gasteiger charge is -2.33. The number of rotatable bonds is 2. The molecule has 9 rings (SSSR count). The summed E-state index contributed by atoms with van der Waals surface area (Å²) in [5.41, 5.74) is 12.8. The van der Waals surface area contributed by atoms with Crippen LogP contribution in [0.25, 0.3) is 59.5 Å². The molecule has 2 aliphatic rings. The fraction of sp³-hybridized carbons (Fsp3) is 0.0526. The highest BCUT2D eigenvalue weighted by Gasteiger charge is 2.31. The third-order valence-electron chi connectivity index (χ3n) is 8.85. The van der Waals surface area contributed by atoms with Gasteiger partial charge in [-0.3, -0.25) is 9.20 Å². The standard InChI is InChI=1S/C38H24N2OS/c41-37-36-26(15-8-16-33(36)39-38-40(37)34-17-5-6-18-35(34)42-38)25-10-7-9-23(21-25)24-19-20-31-29-13-2-1-11-27(29)28-12-3-4-14-30(28)32(31)22-24/h1-21,32H,22H2. The fourth-order valence-electron chi connectivity index (χ4n) is 6.93. The third-order valence-corrected chi connectivity index (χ3v) is 9.87. The molecule has 2 aliphatic carbocycles. The smallest absolute Gasteiger partial charge is 0.267 e.